The number of esters is 1. The smallest absolute Gasteiger partial charge is 0.339 e. The van der Waals surface area contributed by atoms with Crippen LogP contribution in [0.25, 0.3) is 0 Å². The maximum atomic E-state index is 12.5. The molecule has 0 bridgehead atoms. The van der Waals surface area contributed by atoms with Crippen LogP contribution < -0.4 is 5.32 Å². The minimum atomic E-state index is -0.438. The number of carbonyl (C=O) groups is 2. The fourth-order valence-corrected chi connectivity index (χ4v) is 2.50. The Labute approximate surface area is 135 Å². The van der Waals surface area contributed by atoms with E-state index in [1.165, 1.54) is 7.11 Å². The average Bonchev–Trinajstić information content (AvgIpc) is 2.91. The number of hydrogen-bond donors (Lipinski definition) is 2. The number of aryl methyl sites for hydroxylation is 1. The summed E-state index contributed by atoms with van der Waals surface area (Å²) in [6.07, 6.45) is 2.29. The lowest BCUT2D eigenvalue weighted by molar-refractivity contribution is 0.0599. The van der Waals surface area contributed by atoms with Crippen molar-refractivity contribution in [2.75, 3.05) is 7.11 Å². The van der Waals surface area contributed by atoms with E-state index in [1.807, 2.05) is 32.0 Å². The molecule has 6 nitrogen and oxygen atoms in total. The molecule has 1 atom stereocenters. The van der Waals surface area contributed by atoms with Crippen LogP contribution in [0.2, 0.25) is 0 Å². The Bertz CT molecular complexity index is 707. The van der Waals surface area contributed by atoms with E-state index >= 15 is 0 Å². The molecule has 0 saturated carbocycles. The lowest BCUT2D eigenvalue weighted by Gasteiger charge is -2.13. The fourth-order valence-electron chi connectivity index (χ4n) is 2.50. The van der Waals surface area contributed by atoms with Crippen LogP contribution in [0.15, 0.2) is 24.4 Å². The van der Waals surface area contributed by atoms with Gasteiger partial charge in [0, 0.05) is 11.9 Å². The van der Waals surface area contributed by atoms with Crippen LogP contribution in [0, 0.1) is 6.92 Å². The van der Waals surface area contributed by atoms with Gasteiger partial charge in [0.2, 0.25) is 0 Å². The summed E-state index contributed by atoms with van der Waals surface area (Å²) in [4.78, 5) is 31.7. The maximum Gasteiger partial charge on any atom is 0.339 e. The minimum absolute atomic E-state index is 0.238. The standard InChI is InChI=1S/C17H21N3O3/c1-5-12-14(17(22)23-4)10(2)15(20-12)16(21)19-11(3)13-8-6-7-9-18-13/h6-9,11,20H,5H2,1-4H3,(H,19,21). The van der Waals surface area contributed by atoms with Gasteiger partial charge >= 0.3 is 5.97 Å². The molecule has 2 aromatic heterocycles. The summed E-state index contributed by atoms with van der Waals surface area (Å²) in [5.41, 5.74) is 2.88. The number of nitrogens with zero attached hydrogens (tertiary/aromatic N) is 1. The second-order valence-corrected chi connectivity index (χ2v) is 5.27. The molecule has 2 N–H and O–H groups in total. The van der Waals surface area contributed by atoms with Gasteiger partial charge in [-0.1, -0.05) is 13.0 Å². The van der Waals surface area contributed by atoms with Crippen molar-refractivity contribution in [3.05, 3.63) is 52.6 Å². The van der Waals surface area contributed by atoms with E-state index in [0.717, 1.165) is 5.69 Å². The van der Waals surface area contributed by atoms with Gasteiger partial charge < -0.3 is 15.0 Å². The number of H-pyrrole nitrogens is 1. The molecule has 23 heavy (non-hydrogen) atoms. The summed E-state index contributed by atoms with van der Waals surface area (Å²) in [5, 5.41) is 2.89. The van der Waals surface area contributed by atoms with Crippen LogP contribution in [0.4, 0.5) is 0 Å². The van der Waals surface area contributed by atoms with Gasteiger partial charge in [-0.25, -0.2) is 4.79 Å². The van der Waals surface area contributed by atoms with Crippen LogP contribution >= 0.6 is 0 Å². The highest BCUT2D eigenvalue weighted by Crippen LogP contribution is 2.21. The summed E-state index contributed by atoms with van der Waals surface area (Å²) < 4.78 is 4.80. The van der Waals surface area contributed by atoms with Gasteiger partial charge in [-0.2, -0.15) is 0 Å². The highest BCUT2D eigenvalue weighted by atomic mass is 16.5. The Morgan fingerprint density at radius 2 is 2.13 bits per heavy atom. The molecule has 0 radical (unpaired) electrons. The number of nitrogens with one attached hydrogen (secondary N) is 2. The molecule has 1 unspecified atom stereocenters. The quantitative estimate of drug-likeness (QED) is 0.831. The van der Waals surface area contributed by atoms with E-state index in [0.29, 0.717) is 28.9 Å². The fraction of sp³-hybridized carbons (Fsp3) is 0.353. The summed E-state index contributed by atoms with van der Waals surface area (Å²) in [6, 6.07) is 5.31. The molecule has 1 amide bonds. The van der Waals surface area contributed by atoms with E-state index in [-0.39, 0.29) is 11.9 Å². The van der Waals surface area contributed by atoms with Crippen molar-refractivity contribution in [1.82, 2.24) is 15.3 Å². The highest BCUT2D eigenvalue weighted by molar-refractivity contribution is 6.00. The van der Waals surface area contributed by atoms with E-state index in [1.54, 1.807) is 13.1 Å². The van der Waals surface area contributed by atoms with Gasteiger partial charge in [-0.15, -0.1) is 0 Å². The van der Waals surface area contributed by atoms with E-state index in [2.05, 4.69) is 15.3 Å². The third-order valence-electron chi connectivity index (χ3n) is 3.78. The van der Waals surface area contributed by atoms with E-state index in [9.17, 15) is 9.59 Å². The van der Waals surface area contributed by atoms with Gasteiger partial charge in [-0.05, 0) is 38.0 Å². The lowest BCUT2D eigenvalue weighted by Crippen LogP contribution is -2.28. The Morgan fingerprint density at radius 1 is 1.39 bits per heavy atom. The second kappa shape index (κ2) is 7.09. The predicted octanol–water partition coefficient (Wildman–Crippen LogP) is 2.56. The van der Waals surface area contributed by atoms with Crippen LogP contribution in [0.3, 0.4) is 0 Å². The van der Waals surface area contributed by atoms with E-state index in [4.69, 9.17) is 4.74 Å². The number of amides is 1. The first-order valence-corrected chi connectivity index (χ1v) is 7.51. The molecule has 0 aliphatic rings. The van der Waals surface area contributed by atoms with E-state index < -0.39 is 5.97 Å². The maximum absolute atomic E-state index is 12.5. The van der Waals surface area contributed by atoms with Crippen molar-refractivity contribution in [3.63, 3.8) is 0 Å². The molecular weight excluding hydrogens is 294 g/mol. The van der Waals surface area contributed by atoms with Gasteiger partial charge in [-0.3, -0.25) is 9.78 Å². The number of aromatic nitrogens is 2. The van der Waals surface area contributed by atoms with Gasteiger partial charge in [0.05, 0.1) is 24.4 Å². The van der Waals surface area contributed by atoms with Gasteiger partial charge in [0.15, 0.2) is 0 Å². The minimum Gasteiger partial charge on any atom is -0.465 e. The molecule has 0 aliphatic carbocycles. The van der Waals surface area contributed by atoms with Crippen LogP contribution in [0.1, 0.15) is 57.7 Å². The van der Waals surface area contributed by atoms with Crippen molar-refractivity contribution in [2.45, 2.75) is 33.2 Å². The summed E-state index contributed by atoms with van der Waals surface area (Å²) in [5.74, 6) is -0.710. The second-order valence-electron chi connectivity index (χ2n) is 5.27. The van der Waals surface area contributed by atoms with Crippen molar-refractivity contribution in [3.8, 4) is 0 Å². The Kier molecular flexibility index (Phi) is 5.16. The molecule has 2 rings (SSSR count). The normalized spacial score (nSPS) is 11.8. The number of methoxy groups -OCH3 is 1. The molecule has 0 aromatic carbocycles. The van der Waals surface area contributed by atoms with Crippen molar-refractivity contribution >= 4 is 11.9 Å². The Morgan fingerprint density at radius 3 is 2.70 bits per heavy atom. The summed E-state index contributed by atoms with van der Waals surface area (Å²) in [6.45, 7) is 5.51. The SMILES string of the molecule is CCc1[nH]c(C(=O)NC(C)c2ccccn2)c(C)c1C(=O)OC. The average molecular weight is 315 g/mol. The summed E-state index contributed by atoms with van der Waals surface area (Å²) in [7, 11) is 1.33. The largest absolute Gasteiger partial charge is 0.465 e. The predicted molar refractivity (Wildman–Crippen MR) is 86.4 cm³/mol. The topological polar surface area (TPSA) is 84.1 Å². The first-order chi connectivity index (χ1) is 11.0. The first kappa shape index (κ1) is 16.7. The molecule has 0 spiro atoms. The third kappa shape index (κ3) is 3.41. The van der Waals surface area contributed by atoms with Gasteiger partial charge in [0.25, 0.3) is 5.91 Å². The molecular formula is C17H21N3O3. The lowest BCUT2D eigenvalue weighted by atomic mass is 10.1. The third-order valence-corrected chi connectivity index (χ3v) is 3.78. The molecule has 0 aliphatic heterocycles. The molecule has 122 valence electrons. The number of pyridine rings is 1. The highest BCUT2D eigenvalue weighted by Gasteiger charge is 2.24. The molecule has 0 fully saturated rings. The zero-order chi connectivity index (χ0) is 17.0. The van der Waals surface area contributed by atoms with Crippen LogP contribution in [0.5, 0.6) is 0 Å². The zero-order valence-electron chi connectivity index (χ0n) is 13.8. The molecule has 2 heterocycles. The molecule has 2 aromatic rings. The van der Waals surface area contributed by atoms with Crippen molar-refractivity contribution in [1.29, 1.82) is 0 Å². The Hall–Kier alpha value is -2.63. The van der Waals surface area contributed by atoms with Crippen molar-refractivity contribution < 1.29 is 14.3 Å². The Balaban J connectivity index is 2.26. The van der Waals surface area contributed by atoms with Gasteiger partial charge in [0.1, 0.15) is 5.69 Å². The van der Waals surface area contributed by atoms with Crippen LogP contribution in [-0.2, 0) is 11.2 Å². The molecule has 6 heteroatoms. The number of rotatable bonds is 5. The number of carbonyl (C=O) groups excluding carboxylic acids is 2. The monoisotopic (exact) mass is 315 g/mol. The summed E-state index contributed by atoms with van der Waals surface area (Å²) >= 11 is 0. The first-order valence-electron chi connectivity index (χ1n) is 7.51. The molecule has 0 saturated heterocycles. The number of ether oxygens (including phenoxy) is 1. The number of hydrogen-bond acceptors (Lipinski definition) is 4. The zero-order valence-corrected chi connectivity index (χ0v) is 13.8. The number of aromatic amines is 1. The van der Waals surface area contributed by atoms with Crippen LogP contribution in [-0.4, -0.2) is 29.0 Å². The van der Waals surface area contributed by atoms with Crippen molar-refractivity contribution in [2.24, 2.45) is 0 Å².